The highest BCUT2D eigenvalue weighted by atomic mass is 14.6. The monoisotopic (exact) mass is 267 g/mol. The van der Waals surface area contributed by atoms with Gasteiger partial charge >= 0.3 is 0 Å². The second-order valence-electron chi connectivity index (χ2n) is 5.88. The van der Waals surface area contributed by atoms with E-state index in [0.29, 0.717) is 6.04 Å². The molecule has 0 aliphatic carbocycles. The van der Waals surface area contributed by atoms with Crippen molar-refractivity contribution in [1.82, 2.24) is 0 Å². The molecule has 0 aromatic carbocycles. The van der Waals surface area contributed by atoms with Crippen molar-refractivity contribution in [1.29, 1.82) is 0 Å². The summed E-state index contributed by atoms with van der Waals surface area (Å²) in [7, 11) is 0. The molecule has 0 aliphatic rings. The topological polar surface area (TPSA) is 26.0 Å². The lowest BCUT2D eigenvalue weighted by atomic mass is 10.0. The van der Waals surface area contributed by atoms with Crippen LogP contribution in [0.1, 0.15) is 97.3 Å². The van der Waals surface area contributed by atoms with Gasteiger partial charge in [-0.2, -0.15) is 0 Å². The molecule has 0 radical (unpaired) electrons. The Bertz CT molecular complexity index is 186. The molecule has 0 saturated heterocycles. The molecule has 114 valence electrons. The summed E-state index contributed by atoms with van der Waals surface area (Å²) < 4.78 is 0. The van der Waals surface area contributed by atoms with Crippen LogP contribution in [0.2, 0.25) is 0 Å². The molecule has 0 bridgehead atoms. The van der Waals surface area contributed by atoms with Crippen LogP contribution in [-0.4, -0.2) is 6.04 Å². The molecule has 0 amide bonds. The number of hydrogen-bond acceptors (Lipinski definition) is 1. The van der Waals surface area contributed by atoms with Crippen LogP contribution in [0.25, 0.3) is 0 Å². The van der Waals surface area contributed by atoms with E-state index in [2.05, 4.69) is 26.0 Å². The Morgan fingerprint density at radius 1 is 0.789 bits per heavy atom. The third kappa shape index (κ3) is 15.6. The zero-order chi connectivity index (χ0) is 14.2. The number of allylic oxidation sites excluding steroid dienone is 2. The number of rotatable bonds is 14. The number of nitrogens with two attached hydrogens (primary N) is 1. The van der Waals surface area contributed by atoms with E-state index in [4.69, 9.17) is 5.73 Å². The van der Waals surface area contributed by atoms with Crippen LogP contribution in [0, 0.1) is 0 Å². The van der Waals surface area contributed by atoms with Gasteiger partial charge in [-0.25, -0.2) is 0 Å². The van der Waals surface area contributed by atoms with Crippen molar-refractivity contribution in [2.24, 2.45) is 5.73 Å². The first-order valence-corrected chi connectivity index (χ1v) is 8.68. The predicted molar refractivity (Wildman–Crippen MR) is 88.5 cm³/mol. The molecular formula is C18H37N. The molecular weight excluding hydrogens is 230 g/mol. The normalized spacial score (nSPS) is 13.2. The predicted octanol–water partition coefficient (Wildman–Crippen LogP) is 5.98. The molecule has 1 heteroatoms. The minimum absolute atomic E-state index is 0.440. The maximum atomic E-state index is 6.13. The molecule has 2 N–H and O–H groups in total. The summed E-state index contributed by atoms with van der Waals surface area (Å²) >= 11 is 0. The Kier molecular flexibility index (Phi) is 15.5. The second-order valence-corrected chi connectivity index (χ2v) is 5.88. The standard InChI is InChI=1S/C18H37N/c1-3-5-7-9-10-11-12-13-15-17-18(19)16-14-8-6-4-2/h4,6,18H,3,5,7-17,19H2,1-2H3. The molecule has 1 nitrogen and oxygen atoms in total. The third-order valence-corrected chi connectivity index (χ3v) is 3.86. The van der Waals surface area contributed by atoms with Gasteiger partial charge in [0, 0.05) is 6.04 Å². The van der Waals surface area contributed by atoms with Gasteiger partial charge in [-0.15, -0.1) is 0 Å². The van der Waals surface area contributed by atoms with E-state index in [9.17, 15) is 0 Å². The zero-order valence-electron chi connectivity index (χ0n) is 13.5. The first-order chi connectivity index (χ1) is 9.31. The van der Waals surface area contributed by atoms with Crippen LogP contribution in [0.15, 0.2) is 12.2 Å². The minimum atomic E-state index is 0.440. The molecule has 0 saturated carbocycles. The van der Waals surface area contributed by atoms with Gasteiger partial charge in [-0.05, 0) is 32.6 Å². The van der Waals surface area contributed by atoms with Gasteiger partial charge in [0.05, 0.1) is 0 Å². The van der Waals surface area contributed by atoms with Crippen LogP contribution < -0.4 is 5.73 Å². The van der Waals surface area contributed by atoms with Gasteiger partial charge in [0.25, 0.3) is 0 Å². The van der Waals surface area contributed by atoms with Crippen LogP contribution in [0.5, 0.6) is 0 Å². The van der Waals surface area contributed by atoms with Crippen molar-refractivity contribution in [3.63, 3.8) is 0 Å². The third-order valence-electron chi connectivity index (χ3n) is 3.86. The molecule has 0 aliphatic heterocycles. The van der Waals surface area contributed by atoms with Gasteiger partial charge in [0.15, 0.2) is 0 Å². The molecule has 0 rings (SSSR count). The van der Waals surface area contributed by atoms with E-state index in [-0.39, 0.29) is 0 Å². The molecule has 0 spiro atoms. The van der Waals surface area contributed by atoms with E-state index >= 15 is 0 Å². The van der Waals surface area contributed by atoms with E-state index in [1.807, 2.05) is 0 Å². The molecule has 0 heterocycles. The van der Waals surface area contributed by atoms with Crippen LogP contribution >= 0.6 is 0 Å². The maximum Gasteiger partial charge on any atom is 0.00389 e. The Morgan fingerprint density at radius 3 is 1.89 bits per heavy atom. The number of unbranched alkanes of at least 4 members (excludes halogenated alkanes) is 9. The van der Waals surface area contributed by atoms with E-state index < -0.39 is 0 Å². The Labute approximate surface area is 122 Å². The van der Waals surface area contributed by atoms with Crippen LogP contribution in [-0.2, 0) is 0 Å². The summed E-state index contributed by atoms with van der Waals surface area (Å²) in [4.78, 5) is 0. The summed E-state index contributed by atoms with van der Waals surface area (Å²) in [5, 5.41) is 0. The molecule has 19 heavy (non-hydrogen) atoms. The van der Waals surface area contributed by atoms with Crippen molar-refractivity contribution in [2.45, 2.75) is 103 Å². The van der Waals surface area contributed by atoms with Gasteiger partial charge in [-0.1, -0.05) is 76.9 Å². The van der Waals surface area contributed by atoms with Crippen molar-refractivity contribution < 1.29 is 0 Å². The fraction of sp³-hybridized carbons (Fsp3) is 0.889. The molecule has 0 aromatic heterocycles. The smallest absolute Gasteiger partial charge is 0.00389 e. The van der Waals surface area contributed by atoms with Crippen molar-refractivity contribution in [2.75, 3.05) is 0 Å². The highest BCUT2D eigenvalue weighted by Gasteiger charge is 2.01. The lowest BCUT2D eigenvalue weighted by molar-refractivity contribution is 0.497. The van der Waals surface area contributed by atoms with E-state index in [0.717, 1.165) is 0 Å². The molecule has 1 unspecified atom stereocenters. The summed E-state index contributed by atoms with van der Waals surface area (Å²) in [6.45, 7) is 4.37. The lowest BCUT2D eigenvalue weighted by Gasteiger charge is -2.10. The zero-order valence-corrected chi connectivity index (χ0v) is 13.5. The Balaban J connectivity index is 3.11. The average molecular weight is 268 g/mol. The molecule has 0 aromatic rings. The average Bonchev–Trinajstić information content (AvgIpc) is 2.42. The lowest BCUT2D eigenvalue weighted by Crippen LogP contribution is -2.19. The first-order valence-electron chi connectivity index (χ1n) is 8.68. The van der Waals surface area contributed by atoms with Gasteiger partial charge < -0.3 is 5.73 Å². The van der Waals surface area contributed by atoms with Gasteiger partial charge in [0.1, 0.15) is 0 Å². The van der Waals surface area contributed by atoms with Crippen molar-refractivity contribution >= 4 is 0 Å². The Hall–Kier alpha value is -0.300. The fourth-order valence-corrected chi connectivity index (χ4v) is 2.53. The van der Waals surface area contributed by atoms with Gasteiger partial charge in [-0.3, -0.25) is 0 Å². The summed E-state index contributed by atoms with van der Waals surface area (Å²) in [6.07, 6.45) is 21.9. The highest BCUT2D eigenvalue weighted by Crippen LogP contribution is 2.12. The maximum absolute atomic E-state index is 6.13. The number of hydrogen-bond donors (Lipinski definition) is 1. The molecule has 0 fully saturated rings. The highest BCUT2D eigenvalue weighted by molar-refractivity contribution is 4.77. The van der Waals surface area contributed by atoms with Crippen LogP contribution in [0.3, 0.4) is 0 Å². The fourth-order valence-electron chi connectivity index (χ4n) is 2.53. The summed E-state index contributed by atoms with van der Waals surface area (Å²) in [5.74, 6) is 0. The molecule has 1 atom stereocenters. The Morgan fingerprint density at radius 2 is 1.32 bits per heavy atom. The largest absolute Gasteiger partial charge is 0.328 e. The van der Waals surface area contributed by atoms with Crippen LogP contribution in [0.4, 0.5) is 0 Å². The quantitative estimate of drug-likeness (QED) is 0.304. The first kappa shape index (κ1) is 18.7. The second kappa shape index (κ2) is 15.8. The van der Waals surface area contributed by atoms with E-state index in [1.54, 1.807) is 0 Å². The van der Waals surface area contributed by atoms with E-state index in [1.165, 1.54) is 83.5 Å². The summed E-state index contributed by atoms with van der Waals surface area (Å²) in [5.41, 5.74) is 6.13. The minimum Gasteiger partial charge on any atom is -0.328 e. The van der Waals surface area contributed by atoms with Gasteiger partial charge in [0.2, 0.25) is 0 Å². The van der Waals surface area contributed by atoms with Crippen molar-refractivity contribution in [3.8, 4) is 0 Å². The SMILES string of the molecule is CC=CCCCC(N)CCCCCCCCCCC. The summed E-state index contributed by atoms with van der Waals surface area (Å²) in [6, 6.07) is 0.440. The van der Waals surface area contributed by atoms with Crippen molar-refractivity contribution in [3.05, 3.63) is 12.2 Å².